The molecule has 54 heavy (non-hydrogen) atoms. The van der Waals surface area contributed by atoms with Crippen LogP contribution in [0.4, 0.5) is 34.1 Å². The summed E-state index contributed by atoms with van der Waals surface area (Å²) in [6.07, 6.45) is 0. The van der Waals surface area contributed by atoms with Gasteiger partial charge in [0.05, 0.1) is 0 Å². The van der Waals surface area contributed by atoms with Crippen LogP contribution >= 0.6 is 0 Å². The maximum absolute atomic E-state index is 2.43. The van der Waals surface area contributed by atoms with Crippen LogP contribution in [-0.4, -0.2) is 0 Å². The van der Waals surface area contributed by atoms with Crippen LogP contribution in [0.15, 0.2) is 182 Å². The molecule has 2 heteroatoms. The van der Waals surface area contributed by atoms with E-state index >= 15 is 0 Å². The molecule has 2 aliphatic carbocycles. The summed E-state index contributed by atoms with van der Waals surface area (Å²) in [5, 5.41) is 2.66. The summed E-state index contributed by atoms with van der Waals surface area (Å²) in [7, 11) is 0. The predicted octanol–water partition coefficient (Wildman–Crippen LogP) is 14.4. The number of nitrogens with zero attached hydrogens (tertiary/aromatic N) is 2. The van der Waals surface area contributed by atoms with Crippen molar-refractivity contribution >= 4 is 44.9 Å². The first-order chi connectivity index (χ1) is 26.3. The van der Waals surface area contributed by atoms with Gasteiger partial charge in [0.25, 0.3) is 0 Å². The first kappa shape index (κ1) is 32.3. The number of anilines is 6. The number of benzene rings is 8. The second kappa shape index (κ2) is 12.1. The zero-order chi connectivity index (χ0) is 36.6. The van der Waals surface area contributed by atoms with Crippen molar-refractivity contribution in [3.05, 3.63) is 204 Å². The quantitative estimate of drug-likeness (QED) is 0.171. The summed E-state index contributed by atoms with van der Waals surface area (Å²) in [5.41, 5.74) is 17.6. The minimum atomic E-state index is -0.155. The molecule has 2 aliphatic rings. The van der Waals surface area contributed by atoms with Crippen LogP contribution in [-0.2, 0) is 10.8 Å². The topological polar surface area (TPSA) is 6.48 Å². The van der Waals surface area contributed by atoms with Gasteiger partial charge in [-0.15, -0.1) is 0 Å². The van der Waals surface area contributed by atoms with Gasteiger partial charge in [-0.05, 0) is 128 Å². The number of hydrogen-bond acceptors (Lipinski definition) is 2. The highest BCUT2D eigenvalue weighted by Crippen LogP contribution is 2.57. The highest BCUT2D eigenvalue weighted by molar-refractivity contribution is 6.11. The van der Waals surface area contributed by atoms with E-state index in [9.17, 15) is 0 Å². The monoisotopic (exact) mass is 694 g/mol. The first-order valence-corrected chi connectivity index (χ1v) is 19.0. The lowest BCUT2D eigenvalue weighted by Crippen LogP contribution is -2.17. The Morgan fingerprint density at radius 3 is 0.926 bits per heavy atom. The second-order valence-corrected chi connectivity index (χ2v) is 15.8. The Morgan fingerprint density at radius 1 is 0.296 bits per heavy atom. The Balaban J connectivity index is 1.12. The van der Waals surface area contributed by atoms with Crippen LogP contribution in [0.2, 0.25) is 0 Å². The van der Waals surface area contributed by atoms with E-state index in [-0.39, 0.29) is 10.8 Å². The summed E-state index contributed by atoms with van der Waals surface area (Å²) >= 11 is 0. The van der Waals surface area contributed by atoms with Gasteiger partial charge in [-0.3, -0.25) is 0 Å². The molecule has 0 fully saturated rings. The van der Waals surface area contributed by atoms with Crippen LogP contribution < -0.4 is 9.80 Å². The van der Waals surface area contributed by atoms with Crippen LogP contribution in [0.1, 0.15) is 49.9 Å². The van der Waals surface area contributed by atoms with Crippen molar-refractivity contribution in [3.63, 3.8) is 0 Å². The average Bonchev–Trinajstić information content (AvgIpc) is 3.59. The molecule has 0 amide bonds. The van der Waals surface area contributed by atoms with Crippen molar-refractivity contribution in [2.75, 3.05) is 9.80 Å². The van der Waals surface area contributed by atoms with Gasteiger partial charge in [0, 0.05) is 45.0 Å². The SMILES string of the molecule is CC1(C)c2cc(N(c3ccccc3)c3ccccc3)ccc2-c2c1ccc1c3c(ccc21)C(C)(C)c1cc(N(c2ccccc2)c2ccccc2)ccc1-3. The minimum absolute atomic E-state index is 0.155. The number of para-hydroxylation sites is 4. The predicted molar refractivity (Wildman–Crippen MR) is 228 cm³/mol. The van der Waals surface area contributed by atoms with Crippen molar-refractivity contribution in [3.8, 4) is 22.3 Å². The van der Waals surface area contributed by atoms with Crippen LogP contribution in [0, 0.1) is 0 Å². The Kier molecular flexibility index (Phi) is 7.22. The molecule has 0 saturated carbocycles. The molecule has 10 rings (SSSR count). The van der Waals surface area contributed by atoms with E-state index in [0.29, 0.717) is 0 Å². The van der Waals surface area contributed by atoms with Gasteiger partial charge in [0.2, 0.25) is 0 Å². The van der Waals surface area contributed by atoms with Crippen LogP contribution in [0.3, 0.4) is 0 Å². The Bertz CT molecular complexity index is 2430. The average molecular weight is 695 g/mol. The van der Waals surface area contributed by atoms with E-state index in [1.165, 1.54) is 66.7 Å². The van der Waals surface area contributed by atoms with Crippen molar-refractivity contribution < 1.29 is 0 Å². The third kappa shape index (κ3) is 4.80. The van der Waals surface area contributed by atoms with Crippen molar-refractivity contribution in [1.29, 1.82) is 0 Å². The Morgan fingerprint density at radius 2 is 0.611 bits per heavy atom. The summed E-state index contributed by atoms with van der Waals surface area (Å²) in [6, 6.07) is 66.6. The van der Waals surface area contributed by atoms with Gasteiger partial charge in [0.1, 0.15) is 0 Å². The van der Waals surface area contributed by atoms with Gasteiger partial charge in [0.15, 0.2) is 0 Å². The number of rotatable bonds is 6. The summed E-state index contributed by atoms with van der Waals surface area (Å²) < 4.78 is 0. The smallest absolute Gasteiger partial charge is 0.0465 e. The molecule has 8 aromatic rings. The van der Waals surface area contributed by atoms with Crippen molar-refractivity contribution in [2.45, 2.75) is 38.5 Å². The van der Waals surface area contributed by atoms with E-state index in [1.54, 1.807) is 0 Å². The van der Waals surface area contributed by atoms with E-state index < -0.39 is 0 Å². The highest BCUT2D eigenvalue weighted by atomic mass is 15.1. The molecule has 0 saturated heterocycles. The lowest BCUT2D eigenvalue weighted by atomic mass is 9.80. The Hall–Kier alpha value is -6.38. The molecule has 0 heterocycles. The summed E-state index contributed by atoms with van der Waals surface area (Å²) in [6.45, 7) is 9.56. The number of hydrogen-bond donors (Lipinski definition) is 0. The van der Waals surface area contributed by atoms with Gasteiger partial charge >= 0.3 is 0 Å². The molecule has 0 atom stereocenters. The molecule has 2 nitrogen and oxygen atoms in total. The molecule has 0 bridgehead atoms. The van der Waals surface area contributed by atoms with E-state index in [4.69, 9.17) is 0 Å². The second-order valence-electron chi connectivity index (χ2n) is 15.8. The third-order valence-electron chi connectivity index (χ3n) is 12.0. The third-order valence-corrected chi connectivity index (χ3v) is 12.0. The standard InChI is InChI=1S/C52H42N2/c1-51(2)45-31-29-42-41(49(45)43-27-25-39(33-47(43)51)53(35-17-9-5-10-18-35)36-19-11-6-12-20-36)30-32-46-50(42)44-28-26-40(34-48(44)52(46,3)4)54(37-21-13-7-14-22-37)38-23-15-8-16-24-38/h5-34H,1-4H3. The van der Waals surface area contributed by atoms with Crippen molar-refractivity contribution in [2.24, 2.45) is 0 Å². The molecule has 0 radical (unpaired) electrons. The molecular weight excluding hydrogens is 653 g/mol. The zero-order valence-electron chi connectivity index (χ0n) is 31.2. The molecule has 260 valence electrons. The lowest BCUT2D eigenvalue weighted by molar-refractivity contribution is 0.660. The van der Waals surface area contributed by atoms with Gasteiger partial charge in [-0.25, -0.2) is 0 Å². The maximum atomic E-state index is 2.43. The molecule has 8 aromatic carbocycles. The minimum Gasteiger partial charge on any atom is -0.310 e. The van der Waals surface area contributed by atoms with Gasteiger partial charge in [-0.2, -0.15) is 0 Å². The fourth-order valence-electron chi connectivity index (χ4n) is 9.33. The van der Waals surface area contributed by atoms with Gasteiger partial charge in [-0.1, -0.05) is 137 Å². The normalized spacial score (nSPS) is 14.2. The fourth-order valence-corrected chi connectivity index (χ4v) is 9.33. The van der Waals surface area contributed by atoms with Crippen LogP contribution in [0.5, 0.6) is 0 Å². The van der Waals surface area contributed by atoms with E-state index in [1.807, 2.05) is 0 Å². The van der Waals surface area contributed by atoms with Crippen molar-refractivity contribution in [1.82, 2.24) is 0 Å². The largest absolute Gasteiger partial charge is 0.310 e. The van der Waals surface area contributed by atoms with E-state index in [2.05, 4.69) is 219 Å². The van der Waals surface area contributed by atoms with Gasteiger partial charge < -0.3 is 9.80 Å². The molecule has 0 aromatic heterocycles. The first-order valence-electron chi connectivity index (χ1n) is 19.0. The molecule has 0 aliphatic heterocycles. The van der Waals surface area contributed by atoms with Crippen LogP contribution in [0.25, 0.3) is 33.0 Å². The summed E-state index contributed by atoms with van der Waals surface area (Å²) in [5.74, 6) is 0. The maximum Gasteiger partial charge on any atom is 0.0465 e. The lowest BCUT2D eigenvalue weighted by Gasteiger charge is -2.28. The number of fused-ring (bicyclic) bond motifs is 9. The molecular formula is C52H42N2. The molecule has 0 spiro atoms. The fraction of sp³-hybridized carbons (Fsp3) is 0.115. The molecule has 0 N–H and O–H groups in total. The summed E-state index contributed by atoms with van der Waals surface area (Å²) in [4.78, 5) is 4.74. The zero-order valence-corrected chi connectivity index (χ0v) is 31.2. The van der Waals surface area contributed by atoms with E-state index in [0.717, 1.165) is 22.7 Å². The highest BCUT2D eigenvalue weighted by Gasteiger charge is 2.40. The molecule has 0 unspecified atom stereocenters. The Labute approximate surface area is 318 Å².